The van der Waals surface area contributed by atoms with Crippen LogP contribution >= 0.6 is 34.8 Å². The van der Waals surface area contributed by atoms with Crippen LogP contribution in [0.1, 0.15) is 39.0 Å². The first kappa shape index (κ1) is 29.5. The number of nitrogens with zero attached hydrogens (tertiary/aromatic N) is 2. The second-order valence-electron chi connectivity index (χ2n) is 9.57. The van der Waals surface area contributed by atoms with E-state index in [4.69, 9.17) is 34.8 Å². The summed E-state index contributed by atoms with van der Waals surface area (Å²) in [6.07, 6.45) is 5.47. The normalized spacial score (nSPS) is 16.7. The zero-order valence-corrected chi connectivity index (χ0v) is 24.4. The number of anilines is 1. The number of piperidine rings is 1. The number of benzene rings is 2. The van der Waals surface area contributed by atoms with Crippen LogP contribution in [0.25, 0.3) is 0 Å². The molecule has 1 atom stereocenters. The topological polar surface area (TPSA) is 74.8 Å². The van der Waals surface area contributed by atoms with Crippen LogP contribution in [-0.4, -0.2) is 59.4 Å². The lowest BCUT2D eigenvalue weighted by atomic mass is 9.98. The minimum Gasteiger partial charge on any atom is -0.303 e. The predicted molar refractivity (Wildman–Crippen MR) is 150 cm³/mol. The zero-order valence-electron chi connectivity index (χ0n) is 20.5. The Kier molecular flexibility index (Phi) is 10.4. The van der Waals surface area contributed by atoms with Crippen LogP contribution < -0.4 is 4.31 Å². The number of sulfonamides is 1. The minimum absolute atomic E-state index is 0.131. The minimum atomic E-state index is -3.92. The first-order valence-electron chi connectivity index (χ1n) is 12.0. The molecular formula is C25H33Cl3N2O4S2. The van der Waals surface area contributed by atoms with E-state index in [1.807, 2.05) is 6.92 Å². The molecule has 0 aliphatic carbocycles. The van der Waals surface area contributed by atoms with Crippen LogP contribution in [-0.2, 0) is 19.9 Å². The van der Waals surface area contributed by atoms with E-state index in [-0.39, 0.29) is 22.6 Å². The fraction of sp³-hybridized carbons (Fsp3) is 0.520. The Bertz CT molecular complexity index is 1230. The SMILES string of the molecule is CC(CCCCN1CCC(CS(C)(=O)=O)CC1)N(c1cc(Cl)ccc1Cl)S(=O)(=O)c1ccc(Cl)cc1. The molecule has 0 radical (unpaired) electrons. The van der Waals surface area contributed by atoms with Gasteiger partial charge in [-0.1, -0.05) is 41.2 Å². The fourth-order valence-electron chi connectivity index (χ4n) is 4.68. The average Bonchev–Trinajstić information content (AvgIpc) is 2.79. The van der Waals surface area contributed by atoms with Crippen LogP contribution in [0.15, 0.2) is 47.4 Å². The highest BCUT2D eigenvalue weighted by molar-refractivity contribution is 7.93. The molecule has 0 saturated carbocycles. The largest absolute Gasteiger partial charge is 0.303 e. The van der Waals surface area contributed by atoms with Gasteiger partial charge in [0.05, 0.1) is 21.4 Å². The average molecular weight is 596 g/mol. The van der Waals surface area contributed by atoms with Crippen molar-refractivity contribution in [2.24, 2.45) is 5.92 Å². The second kappa shape index (κ2) is 12.7. The van der Waals surface area contributed by atoms with Gasteiger partial charge in [-0.25, -0.2) is 16.8 Å². The molecule has 11 heteroatoms. The highest BCUT2D eigenvalue weighted by atomic mass is 35.5. The van der Waals surface area contributed by atoms with Gasteiger partial charge in [-0.2, -0.15) is 0 Å². The van der Waals surface area contributed by atoms with Gasteiger partial charge in [0, 0.05) is 22.3 Å². The zero-order chi connectivity index (χ0) is 26.5. The molecular weight excluding hydrogens is 563 g/mol. The van der Waals surface area contributed by atoms with Crippen LogP contribution in [0.3, 0.4) is 0 Å². The number of unbranched alkanes of at least 4 members (excludes halogenated alkanes) is 1. The summed E-state index contributed by atoms with van der Waals surface area (Å²) in [5.41, 5.74) is 0.347. The molecule has 6 nitrogen and oxygen atoms in total. The van der Waals surface area contributed by atoms with E-state index in [9.17, 15) is 16.8 Å². The summed E-state index contributed by atoms with van der Waals surface area (Å²) in [6, 6.07) is 10.5. The van der Waals surface area contributed by atoms with Crippen molar-refractivity contribution in [2.75, 3.05) is 35.9 Å². The maximum absolute atomic E-state index is 13.7. The Morgan fingerprint density at radius 3 is 2.17 bits per heavy atom. The molecule has 0 bridgehead atoms. The molecule has 1 aliphatic heterocycles. The molecule has 1 fully saturated rings. The summed E-state index contributed by atoms with van der Waals surface area (Å²) >= 11 is 18.6. The number of likely N-dealkylation sites (tertiary alicyclic amines) is 1. The number of hydrogen-bond acceptors (Lipinski definition) is 5. The lowest BCUT2D eigenvalue weighted by Gasteiger charge is -2.33. The lowest BCUT2D eigenvalue weighted by Crippen LogP contribution is -2.39. The van der Waals surface area contributed by atoms with Crippen molar-refractivity contribution < 1.29 is 16.8 Å². The Morgan fingerprint density at radius 1 is 0.944 bits per heavy atom. The maximum Gasteiger partial charge on any atom is 0.264 e. The van der Waals surface area contributed by atoms with Gasteiger partial charge in [-0.05, 0) is 101 Å². The highest BCUT2D eigenvalue weighted by Gasteiger charge is 2.31. The van der Waals surface area contributed by atoms with Gasteiger partial charge in [0.25, 0.3) is 10.0 Å². The van der Waals surface area contributed by atoms with E-state index in [0.717, 1.165) is 45.3 Å². The molecule has 36 heavy (non-hydrogen) atoms. The molecule has 0 spiro atoms. The van der Waals surface area contributed by atoms with Crippen molar-refractivity contribution in [3.8, 4) is 0 Å². The standard InChI is InChI=1S/C25H33Cl3N2O4S2/c1-19(5-3-4-14-29-15-12-20(13-16-29)18-35(2,31)32)30(25-17-22(27)8-11-24(25)28)36(33,34)23-9-6-21(26)7-10-23/h6-11,17,19-20H,3-5,12-16,18H2,1-2H3. The molecule has 0 aromatic heterocycles. The van der Waals surface area contributed by atoms with Crippen molar-refractivity contribution in [1.29, 1.82) is 0 Å². The molecule has 200 valence electrons. The van der Waals surface area contributed by atoms with E-state index < -0.39 is 19.9 Å². The molecule has 1 saturated heterocycles. The van der Waals surface area contributed by atoms with Gasteiger partial charge >= 0.3 is 0 Å². The Morgan fingerprint density at radius 2 is 1.56 bits per heavy atom. The fourth-order valence-corrected chi connectivity index (χ4v) is 8.11. The van der Waals surface area contributed by atoms with E-state index in [2.05, 4.69) is 4.90 Å². The van der Waals surface area contributed by atoms with Crippen molar-refractivity contribution in [3.63, 3.8) is 0 Å². The second-order valence-corrected chi connectivity index (χ2v) is 14.9. The Labute approximate surface area is 230 Å². The molecule has 1 unspecified atom stereocenters. The van der Waals surface area contributed by atoms with E-state index >= 15 is 0 Å². The third-order valence-electron chi connectivity index (χ3n) is 6.51. The molecule has 2 aromatic rings. The summed E-state index contributed by atoms with van der Waals surface area (Å²) in [5, 5.41) is 1.16. The van der Waals surface area contributed by atoms with Crippen molar-refractivity contribution in [3.05, 3.63) is 57.5 Å². The summed E-state index contributed by atoms with van der Waals surface area (Å²) in [4.78, 5) is 2.49. The molecule has 1 aliphatic rings. The van der Waals surface area contributed by atoms with E-state index in [1.165, 1.54) is 22.7 Å². The number of sulfone groups is 1. The number of hydrogen-bond donors (Lipinski definition) is 0. The van der Waals surface area contributed by atoms with E-state index in [0.29, 0.717) is 27.2 Å². The smallest absolute Gasteiger partial charge is 0.264 e. The van der Waals surface area contributed by atoms with Gasteiger partial charge in [0.1, 0.15) is 9.84 Å². The van der Waals surface area contributed by atoms with Gasteiger partial charge in [0.2, 0.25) is 0 Å². The number of halogens is 3. The molecule has 3 rings (SSSR count). The molecule has 0 amide bonds. The summed E-state index contributed by atoms with van der Waals surface area (Å²) in [5.74, 6) is 0.507. The van der Waals surface area contributed by atoms with Crippen LogP contribution in [0.5, 0.6) is 0 Å². The quantitative estimate of drug-likeness (QED) is 0.291. The monoisotopic (exact) mass is 594 g/mol. The van der Waals surface area contributed by atoms with Crippen LogP contribution in [0.2, 0.25) is 15.1 Å². The highest BCUT2D eigenvalue weighted by Crippen LogP contribution is 2.35. The van der Waals surface area contributed by atoms with E-state index in [1.54, 1.807) is 30.3 Å². The van der Waals surface area contributed by atoms with Crippen LogP contribution in [0, 0.1) is 5.92 Å². The Balaban J connectivity index is 1.65. The third kappa shape index (κ3) is 8.23. The van der Waals surface area contributed by atoms with Crippen molar-refractivity contribution >= 4 is 60.4 Å². The summed E-state index contributed by atoms with van der Waals surface area (Å²) < 4.78 is 51.8. The first-order valence-corrected chi connectivity index (χ1v) is 16.7. The van der Waals surface area contributed by atoms with Gasteiger partial charge in [-0.3, -0.25) is 4.31 Å². The molecule has 1 heterocycles. The first-order chi connectivity index (χ1) is 16.9. The van der Waals surface area contributed by atoms with Gasteiger partial charge in [0.15, 0.2) is 0 Å². The Hall–Kier alpha value is -1.03. The lowest BCUT2D eigenvalue weighted by molar-refractivity contribution is 0.190. The molecule has 2 aromatic carbocycles. The van der Waals surface area contributed by atoms with Gasteiger partial charge in [-0.15, -0.1) is 0 Å². The van der Waals surface area contributed by atoms with Crippen molar-refractivity contribution in [2.45, 2.75) is 50.0 Å². The summed E-state index contributed by atoms with van der Waals surface area (Å²) in [7, 11) is -6.86. The van der Waals surface area contributed by atoms with Crippen molar-refractivity contribution in [1.82, 2.24) is 4.90 Å². The van der Waals surface area contributed by atoms with Crippen LogP contribution in [0.4, 0.5) is 5.69 Å². The maximum atomic E-state index is 13.7. The van der Waals surface area contributed by atoms with Gasteiger partial charge < -0.3 is 4.90 Å². The predicted octanol–water partition coefficient (Wildman–Crippen LogP) is 6.16. The summed E-state index contributed by atoms with van der Waals surface area (Å²) in [6.45, 7) is 4.57. The third-order valence-corrected chi connectivity index (χ3v) is 10.3. The number of rotatable bonds is 11. The molecule has 0 N–H and O–H groups in total.